The Morgan fingerprint density at radius 2 is 1.71 bits per heavy atom. The first-order valence-electron chi connectivity index (χ1n) is 6.80. The van der Waals surface area contributed by atoms with Crippen molar-refractivity contribution in [1.29, 1.82) is 0 Å². The summed E-state index contributed by atoms with van der Waals surface area (Å²) >= 11 is 6.41. The van der Waals surface area contributed by atoms with E-state index in [9.17, 15) is 9.32 Å². The van der Waals surface area contributed by atoms with Gasteiger partial charge in [0.25, 0.3) is 0 Å². The smallest absolute Gasteiger partial charge is 0.147 e. The molecular weight excluding hydrogens is 304 g/mol. The van der Waals surface area contributed by atoms with Gasteiger partial charge in [0.15, 0.2) is 0 Å². The van der Waals surface area contributed by atoms with Crippen LogP contribution in [0.1, 0.15) is 18.1 Å². The summed E-state index contributed by atoms with van der Waals surface area (Å²) in [6.45, 7) is 3.59. The van der Waals surface area contributed by atoms with E-state index in [1.807, 2.05) is 49.4 Å². The van der Waals surface area contributed by atoms with E-state index in [-0.39, 0.29) is 0 Å². The zero-order valence-electron chi connectivity index (χ0n) is 12.1. The molecule has 2 rings (SSSR count). The fraction of sp³-hybridized carbons (Fsp3) is 0.294. The van der Waals surface area contributed by atoms with Gasteiger partial charge in [-0.2, -0.15) is 0 Å². The first kappa shape index (κ1) is 16.2. The molecule has 0 heterocycles. The van der Waals surface area contributed by atoms with Gasteiger partial charge in [0.2, 0.25) is 0 Å². The molecule has 0 saturated carbocycles. The maximum atomic E-state index is 12.6. The number of rotatable bonds is 5. The first-order valence-corrected chi connectivity index (χ1v) is 8.33. The molecule has 0 aliphatic rings. The Hall–Kier alpha value is -1.16. The third-order valence-electron chi connectivity index (χ3n) is 3.46. The lowest BCUT2D eigenvalue weighted by atomic mass is 10.1. The fourth-order valence-corrected chi connectivity index (χ4v) is 3.55. The zero-order chi connectivity index (χ0) is 15.5. The average Bonchev–Trinajstić information content (AvgIpc) is 2.48. The van der Waals surface area contributed by atoms with Crippen molar-refractivity contribution in [1.82, 2.24) is 0 Å². The molecule has 3 atom stereocenters. The van der Waals surface area contributed by atoms with Crippen molar-refractivity contribution in [3.63, 3.8) is 0 Å². The van der Waals surface area contributed by atoms with Gasteiger partial charge in [-0.15, -0.1) is 11.6 Å². The highest BCUT2D eigenvalue weighted by atomic mass is 35.5. The minimum Gasteiger partial charge on any atom is -0.390 e. The second-order valence-electron chi connectivity index (χ2n) is 5.27. The highest BCUT2D eigenvalue weighted by Crippen LogP contribution is 2.31. The minimum absolute atomic E-state index is 0.373. The summed E-state index contributed by atoms with van der Waals surface area (Å²) in [6, 6.07) is 16.9. The van der Waals surface area contributed by atoms with Crippen LogP contribution in [-0.2, 0) is 17.2 Å². The predicted molar refractivity (Wildman–Crippen MR) is 88.0 cm³/mol. The number of aliphatic hydroxyl groups is 1. The van der Waals surface area contributed by atoms with E-state index in [0.29, 0.717) is 11.3 Å². The number of alkyl halides is 1. The predicted octanol–water partition coefficient (Wildman–Crippen LogP) is 3.66. The summed E-state index contributed by atoms with van der Waals surface area (Å²) in [5.74, 6) is 0. The van der Waals surface area contributed by atoms with Crippen molar-refractivity contribution in [2.75, 3.05) is 0 Å². The first-order chi connectivity index (χ1) is 9.91. The third kappa shape index (κ3) is 3.94. The Labute approximate surface area is 133 Å². The van der Waals surface area contributed by atoms with Crippen molar-refractivity contribution >= 4 is 22.4 Å². The van der Waals surface area contributed by atoms with E-state index in [4.69, 9.17) is 11.6 Å². The summed E-state index contributed by atoms with van der Waals surface area (Å²) in [4.78, 5) is 0.630. The van der Waals surface area contributed by atoms with Gasteiger partial charge < -0.3 is 5.11 Å². The minimum atomic E-state index is -1.49. The quantitative estimate of drug-likeness (QED) is 0.853. The maximum absolute atomic E-state index is 12.6. The second-order valence-corrected chi connectivity index (χ2v) is 8.14. The molecule has 0 aliphatic heterocycles. The third-order valence-corrected chi connectivity index (χ3v) is 5.83. The van der Waals surface area contributed by atoms with Gasteiger partial charge >= 0.3 is 0 Å². The van der Waals surface area contributed by atoms with Crippen molar-refractivity contribution in [3.8, 4) is 0 Å². The zero-order valence-corrected chi connectivity index (χ0v) is 13.7. The molecule has 0 amide bonds. The van der Waals surface area contributed by atoms with Crippen molar-refractivity contribution in [3.05, 3.63) is 65.7 Å². The van der Waals surface area contributed by atoms with Gasteiger partial charge in [-0.1, -0.05) is 48.0 Å². The summed E-state index contributed by atoms with van der Waals surface area (Å²) < 4.78 is 11.4. The largest absolute Gasteiger partial charge is 0.390 e. The van der Waals surface area contributed by atoms with Crippen molar-refractivity contribution in [2.24, 2.45) is 0 Å². The van der Waals surface area contributed by atoms with Crippen molar-refractivity contribution in [2.45, 2.75) is 35.5 Å². The van der Waals surface area contributed by atoms with Crippen LogP contribution < -0.4 is 0 Å². The van der Waals surface area contributed by atoms with E-state index in [1.54, 1.807) is 19.1 Å². The molecule has 0 saturated heterocycles. The molecule has 0 aromatic heterocycles. The van der Waals surface area contributed by atoms with E-state index in [0.717, 1.165) is 11.1 Å². The van der Waals surface area contributed by atoms with Gasteiger partial charge in [-0.05, 0) is 31.5 Å². The number of benzene rings is 2. The number of halogens is 1. The molecule has 4 heteroatoms. The molecular formula is C17H19ClO2S. The lowest BCUT2D eigenvalue weighted by Crippen LogP contribution is -2.39. The highest BCUT2D eigenvalue weighted by molar-refractivity contribution is 7.88. The molecule has 3 unspecified atom stereocenters. The van der Waals surface area contributed by atoms with Crippen LogP contribution in [0.25, 0.3) is 0 Å². The van der Waals surface area contributed by atoms with Crippen LogP contribution in [0, 0.1) is 6.92 Å². The molecule has 0 spiro atoms. The Bertz CT molecular complexity index is 608. The fourth-order valence-electron chi connectivity index (χ4n) is 2.04. The molecule has 112 valence electrons. The van der Waals surface area contributed by atoms with Crippen molar-refractivity contribution < 1.29 is 9.32 Å². The van der Waals surface area contributed by atoms with Gasteiger partial charge in [-0.25, -0.2) is 0 Å². The van der Waals surface area contributed by atoms with Gasteiger partial charge in [0.05, 0.1) is 16.9 Å². The average molecular weight is 323 g/mol. The summed E-state index contributed by atoms with van der Waals surface area (Å²) in [5.41, 5.74) is 2.06. The molecule has 0 radical (unpaired) electrons. The molecule has 2 aromatic rings. The lowest BCUT2D eigenvalue weighted by molar-refractivity contribution is 0.162. The topological polar surface area (TPSA) is 37.3 Å². The molecule has 1 N–H and O–H groups in total. The standard InChI is InChI=1S/C17H19ClO2S/c1-13-8-10-15(11-9-13)21(20)17(2,18)16(19)12-14-6-4-3-5-7-14/h3-11,16,19H,12H2,1-2H3. The van der Waals surface area contributed by atoms with Crippen LogP contribution in [-0.4, -0.2) is 19.6 Å². The van der Waals surface area contributed by atoms with E-state index < -0.39 is 21.1 Å². The van der Waals surface area contributed by atoms with Crippen LogP contribution in [0.2, 0.25) is 0 Å². The van der Waals surface area contributed by atoms with E-state index in [1.165, 1.54) is 0 Å². The summed E-state index contributed by atoms with van der Waals surface area (Å²) in [7, 11) is -1.49. The molecule has 2 aromatic carbocycles. The number of hydrogen-bond donors (Lipinski definition) is 1. The number of aryl methyl sites for hydroxylation is 1. The Morgan fingerprint density at radius 1 is 1.14 bits per heavy atom. The van der Waals surface area contributed by atoms with Crippen LogP contribution >= 0.6 is 11.6 Å². The number of aliphatic hydroxyl groups excluding tert-OH is 1. The molecule has 0 fully saturated rings. The van der Waals surface area contributed by atoms with E-state index in [2.05, 4.69) is 0 Å². The Balaban J connectivity index is 2.16. The lowest BCUT2D eigenvalue weighted by Gasteiger charge is -2.27. The van der Waals surface area contributed by atoms with Crippen LogP contribution in [0.4, 0.5) is 0 Å². The normalized spacial score (nSPS) is 17.0. The molecule has 2 nitrogen and oxygen atoms in total. The second kappa shape index (κ2) is 6.73. The Morgan fingerprint density at radius 3 is 2.29 bits per heavy atom. The van der Waals surface area contributed by atoms with Crippen LogP contribution in [0.15, 0.2) is 59.5 Å². The van der Waals surface area contributed by atoms with Crippen LogP contribution in [0.3, 0.4) is 0 Å². The van der Waals surface area contributed by atoms with Gasteiger partial charge in [0, 0.05) is 11.3 Å². The van der Waals surface area contributed by atoms with Gasteiger partial charge in [-0.3, -0.25) is 4.21 Å². The molecule has 21 heavy (non-hydrogen) atoms. The molecule has 0 aliphatic carbocycles. The Kier molecular flexibility index (Phi) is 5.20. The number of hydrogen-bond acceptors (Lipinski definition) is 2. The van der Waals surface area contributed by atoms with E-state index >= 15 is 0 Å². The summed E-state index contributed by atoms with van der Waals surface area (Å²) in [5, 5.41) is 10.4. The van der Waals surface area contributed by atoms with Crippen LogP contribution in [0.5, 0.6) is 0 Å². The monoisotopic (exact) mass is 322 g/mol. The highest BCUT2D eigenvalue weighted by Gasteiger charge is 2.38. The summed E-state index contributed by atoms with van der Waals surface area (Å²) in [6.07, 6.45) is -0.526. The molecule has 0 bridgehead atoms. The van der Waals surface area contributed by atoms with Gasteiger partial charge in [0.1, 0.15) is 4.21 Å². The SMILES string of the molecule is Cc1ccc(S(=O)C(C)(Cl)C(O)Cc2ccccc2)cc1. The maximum Gasteiger partial charge on any atom is 0.147 e.